The van der Waals surface area contributed by atoms with Crippen LogP contribution in [-0.2, 0) is 5.32 Å². The summed E-state index contributed by atoms with van der Waals surface area (Å²) in [6.07, 6.45) is 2.71. The van der Waals surface area contributed by atoms with Crippen molar-refractivity contribution in [2.75, 3.05) is 0 Å². The summed E-state index contributed by atoms with van der Waals surface area (Å²) in [5.74, 6) is -1.09. The third kappa shape index (κ3) is 4.72. The summed E-state index contributed by atoms with van der Waals surface area (Å²) in [5, 5.41) is 10.2. The summed E-state index contributed by atoms with van der Waals surface area (Å²) in [6, 6.07) is 12.5. The van der Waals surface area contributed by atoms with Crippen molar-refractivity contribution in [1.29, 1.82) is 0 Å². The first-order chi connectivity index (χ1) is 12.2. The first-order valence-corrected chi connectivity index (χ1v) is 9.21. The number of nitrogens with one attached hydrogen (secondary N) is 1. The molecule has 0 saturated heterocycles. The van der Waals surface area contributed by atoms with E-state index >= 15 is 0 Å². The van der Waals surface area contributed by atoms with Crippen molar-refractivity contribution in [1.82, 2.24) is 15.6 Å². The van der Waals surface area contributed by atoms with Gasteiger partial charge in [0.1, 0.15) is 0 Å². The molecule has 0 atom stereocenters. The van der Waals surface area contributed by atoms with Crippen LogP contribution in [0.1, 0.15) is 26.7 Å². The van der Waals surface area contributed by atoms with Crippen LogP contribution in [0, 0.1) is 0 Å². The van der Waals surface area contributed by atoms with E-state index in [0.717, 1.165) is 5.56 Å². The van der Waals surface area contributed by atoms with Crippen molar-refractivity contribution in [3.8, 4) is 0 Å². The molecule has 3 rings (SSSR count). The number of rotatable bonds is 5. The van der Waals surface area contributed by atoms with E-state index in [1.165, 1.54) is 24.5 Å². The Kier molecular flexibility index (Phi) is 5.50. The van der Waals surface area contributed by atoms with Gasteiger partial charge in [-0.1, -0.05) is 0 Å². The molecule has 3 aromatic rings. The fraction of sp³-hybridized carbons (Fsp3) is 0.0625. The first-order valence-electron chi connectivity index (χ1n) is 7.15. The van der Waals surface area contributed by atoms with E-state index < -0.39 is 11.8 Å². The molecule has 0 unspecified atom stereocenters. The normalized spacial score (nSPS) is 11.3. The molecule has 0 aliphatic heterocycles. The molecule has 0 aliphatic carbocycles. The topological polar surface area (TPSA) is 111 Å². The SMILES string of the molecule is O=C(N=C(NC(=O)c1ccno1)[Se]Cc1ccccc1)c1ccno1. The summed E-state index contributed by atoms with van der Waals surface area (Å²) < 4.78 is 9.87. The molecule has 0 aliphatic rings. The van der Waals surface area contributed by atoms with Crippen LogP contribution in [0.4, 0.5) is 0 Å². The second kappa shape index (κ2) is 8.18. The zero-order chi connectivity index (χ0) is 17.5. The summed E-state index contributed by atoms with van der Waals surface area (Å²) >= 11 is -0.285. The number of carbonyl (C=O) groups excluding carboxylic acids is 2. The Labute approximate surface area is 148 Å². The first kappa shape index (κ1) is 16.8. The third-order valence-corrected chi connectivity index (χ3v) is 4.93. The maximum atomic E-state index is 12.1. The van der Waals surface area contributed by atoms with Gasteiger partial charge in [-0.05, 0) is 0 Å². The fourth-order valence-corrected chi connectivity index (χ4v) is 3.48. The summed E-state index contributed by atoms with van der Waals surface area (Å²) in [5.41, 5.74) is 1.08. The Morgan fingerprint density at radius 1 is 1.00 bits per heavy atom. The van der Waals surface area contributed by atoms with Crippen LogP contribution < -0.4 is 5.32 Å². The van der Waals surface area contributed by atoms with Gasteiger partial charge in [0.15, 0.2) is 0 Å². The average molecular weight is 403 g/mol. The van der Waals surface area contributed by atoms with Gasteiger partial charge in [0, 0.05) is 0 Å². The molecule has 0 spiro atoms. The molecule has 0 saturated carbocycles. The van der Waals surface area contributed by atoms with Crippen LogP contribution in [0.25, 0.3) is 0 Å². The Morgan fingerprint density at radius 2 is 1.68 bits per heavy atom. The summed E-state index contributed by atoms with van der Waals surface area (Å²) in [6.45, 7) is 0. The van der Waals surface area contributed by atoms with E-state index in [2.05, 4.69) is 20.6 Å². The van der Waals surface area contributed by atoms with Crippen LogP contribution in [0.3, 0.4) is 0 Å². The van der Waals surface area contributed by atoms with Crippen molar-refractivity contribution in [3.63, 3.8) is 0 Å². The van der Waals surface area contributed by atoms with Crippen LogP contribution >= 0.6 is 0 Å². The molecule has 9 heteroatoms. The van der Waals surface area contributed by atoms with Crippen LogP contribution in [0.15, 0.2) is 68.9 Å². The van der Waals surface area contributed by atoms with Gasteiger partial charge in [0.2, 0.25) is 0 Å². The summed E-state index contributed by atoms with van der Waals surface area (Å²) in [4.78, 5) is 28.2. The van der Waals surface area contributed by atoms with E-state index in [1.54, 1.807) is 0 Å². The van der Waals surface area contributed by atoms with Crippen LogP contribution in [0.5, 0.6) is 0 Å². The Bertz CT molecular complexity index is 861. The third-order valence-electron chi connectivity index (χ3n) is 2.95. The maximum absolute atomic E-state index is 12.1. The van der Waals surface area contributed by atoms with Gasteiger partial charge in [-0.3, -0.25) is 0 Å². The number of amides is 2. The molecular formula is C16H12N4O4Se. The van der Waals surface area contributed by atoms with Crippen molar-refractivity contribution < 1.29 is 18.6 Å². The Hall–Kier alpha value is -3.03. The van der Waals surface area contributed by atoms with Gasteiger partial charge >= 0.3 is 148 Å². The predicted molar refractivity (Wildman–Crippen MR) is 88.1 cm³/mol. The van der Waals surface area contributed by atoms with Crippen LogP contribution in [-0.4, -0.2) is 41.8 Å². The molecule has 1 N–H and O–H groups in total. The molecule has 2 aromatic heterocycles. The number of hydrogen-bond acceptors (Lipinski definition) is 6. The number of benzene rings is 1. The number of aliphatic imine (C=N–C) groups is 1. The Morgan fingerprint density at radius 3 is 2.32 bits per heavy atom. The van der Waals surface area contributed by atoms with Crippen LogP contribution in [0.2, 0.25) is 0 Å². The van der Waals surface area contributed by atoms with Crippen molar-refractivity contribution in [2.45, 2.75) is 5.32 Å². The van der Waals surface area contributed by atoms with Crippen molar-refractivity contribution >= 4 is 31.5 Å². The fourth-order valence-electron chi connectivity index (χ4n) is 1.79. The molecule has 2 amide bonds. The molecule has 126 valence electrons. The predicted octanol–water partition coefficient (Wildman–Crippen LogP) is 1.49. The standard InChI is InChI=1S/C16H12N4O4Se/c21-14(12-6-8-17-23-12)19-16(20-15(22)13-7-9-18-24-13)25-10-11-4-2-1-3-5-11/h1-9H,10H2,(H,19,20,21,22). The number of nitrogens with zero attached hydrogens (tertiary/aromatic N) is 3. The Balaban J connectivity index is 1.75. The van der Waals surface area contributed by atoms with Gasteiger partial charge in [0.25, 0.3) is 0 Å². The van der Waals surface area contributed by atoms with Gasteiger partial charge in [-0.2, -0.15) is 0 Å². The second-order valence-electron chi connectivity index (χ2n) is 4.70. The molecule has 8 nitrogen and oxygen atoms in total. The van der Waals surface area contributed by atoms with Crippen molar-refractivity contribution in [2.24, 2.45) is 4.99 Å². The van der Waals surface area contributed by atoms with Crippen molar-refractivity contribution in [3.05, 3.63) is 71.9 Å². The number of hydrogen-bond donors (Lipinski definition) is 1. The quantitative estimate of drug-likeness (QED) is 0.393. The molecule has 0 radical (unpaired) electrons. The second-order valence-corrected chi connectivity index (χ2v) is 6.73. The van der Waals surface area contributed by atoms with E-state index in [4.69, 9.17) is 9.05 Å². The van der Waals surface area contributed by atoms with Gasteiger partial charge in [0.05, 0.1) is 0 Å². The minimum atomic E-state index is -0.611. The monoisotopic (exact) mass is 404 g/mol. The van der Waals surface area contributed by atoms with Gasteiger partial charge < -0.3 is 0 Å². The number of aromatic nitrogens is 2. The minimum absolute atomic E-state index is 0.00178. The number of amidine groups is 1. The average Bonchev–Trinajstić information content (AvgIpc) is 3.33. The van der Waals surface area contributed by atoms with Gasteiger partial charge in [-0.15, -0.1) is 0 Å². The molecule has 0 fully saturated rings. The van der Waals surface area contributed by atoms with E-state index in [1.807, 2.05) is 30.3 Å². The summed E-state index contributed by atoms with van der Waals surface area (Å²) in [7, 11) is 0. The zero-order valence-corrected chi connectivity index (χ0v) is 14.5. The number of carbonyl (C=O) groups is 2. The molecule has 1 aromatic carbocycles. The molecular weight excluding hydrogens is 391 g/mol. The van der Waals surface area contributed by atoms with Gasteiger partial charge in [-0.25, -0.2) is 0 Å². The van der Waals surface area contributed by atoms with E-state index in [9.17, 15) is 9.59 Å². The molecule has 25 heavy (non-hydrogen) atoms. The van der Waals surface area contributed by atoms with E-state index in [-0.39, 0.29) is 31.2 Å². The molecule has 2 heterocycles. The van der Waals surface area contributed by atoms with E-state index in [0.29, 0.717) is 5.32 Å². The molecule has 0 bridgehead atoms. The zero-order valence-electron chi connectivity index (χ0n) is 12.8.